The lowest BCUT2D eigenvalue weighted by molar-refractivity contribution is 0.0835. The van der Waals surface area contributed by atoms with E-state index in [0.29, 0.717) is 18.0 Å². The molecule has 0 bridgehead atoms. The van der Waals surface area contributed by atoms with E-state index in [1.807, 2.05) is 35.7 Å². The van der Waals surface area contributed by atoms with Gasteiger partial charge in [0.15, 0.2) is 11.5 Å². The van der Waals surface area contributed by atoms with Crippen LogP contribution in [-0.2, 0) is 11.3 Å². The van der Waals surface area contributed by atoms with Crippen LogP contribution in [0.3, 0.4) is 0 Å². The molecule has 0 atom stereocenters. The highest BCUT2D eigenvalue weighted by molar-refractivity contribution is 5.47. The highest BCUT2D eigenvalue weighted by atomic mass is 16.7. The van der Waals surface area contributed by atoms with Gasteiger partial charge in [-0.15, -0.1) is 0 Å². The van der Waals surface area contributed by atoms with Crippen molar-refractivity contribution in [1.29, 1.82) is 0 Å². The largest absolute Gasteiger partial charge is 0.454 e. The van der Waals surface area contributed by atoms with Gasteiger partial charge in [-0.1, -0.05) is 6.07 Å². The molecule has 4 heterocycles. The SMILES string of the molecule is Cc1cn2c(C3CCOCC3)ncc2c(=O)n1Cc1ccc2c(c1)OCO2. The predicted octanol–water partition coefficient (Wildman–Crippen LogP) is 2.48. The van der Waals surface area contributed by atoms with Crippen LogP contribution < -0.4 is 15.0 Å². The highest BCUT2D eigenvalue weighted by Gasteiger charge is 2.22. The summed E-state index contributed by atoms with van der Waals surface area (Å²) in [5.41, 5.74) is 2.48. The first kappa shape index (κ1) is 16.4. The molecule has 7 nitrogen and oxygen atoms in total. The topological polar surface area (TPSA) is 67.0 Å². The van der Waals surface area contributed by atoms with Crippen LogP contribution in [0.5, 0.6) is 11.5 Å². The van der Waals surface area contributed by atoms with E-state index in [1.165, 1.54) is 0 Å². The average Bonchev–Trinajstić information content (AvgIpc) is 3.32. The monoisotopic (exact) mass is 367 g/mol. The van der Waals surface area contributed by atoms with Crippen molar-refractivity contribution in [2.45, 2.75) is 32.2 Å². The van der Waals surface area contributed by atoms with Crippen LogP contribution in [0, 0.1) is 6.92 Å². The van der Waals surface area contributed by atoms with Crippen LogP contribution in [-0.4, -0.2) is 34.0 Å². The zero-order valence-corrected chi connectivity index (χ0v) is 15.2. The van der Waals surface area contributed by atoms with Crippen molar-refractivity contribution in [3.8, 4) is 11.5 Å². The Morgan fingerprint density at radius 3 is 2.85 bits per heavy atom. The summed E-state index contributed by atoms with van der Waals surface area (Å²) in [5.74, 6) is 2.77. The van der Waals surface area contributed by atoms with Gasteiger partial charge in [-0.3, -0.25) is 9.20 Å². The summed E-state index contributed by atoms with van der Waals surface area (Å²) < 4.78 is 20.0. The van der Waals surface area contributed by atoms with Crippen LogP contribution in [0.2, 0.25) is 0 Å². The van der Waals surface area contributed by atoms with Gasteiger partial charge in [0, 0.05) is 31.0 Å². The van der Waals surface area contributed by atoms with E-state index >= 15 is 0 Å². The quantitative estimate of drug-likeness (QED) is 0.711. The number of aryl methyl sites for hydroxylation is 1. The minimum absolute atomic E-state index is 0.0292. The fourth-order valence-corrected chi connectivity index (χ4v) is 3.90. The fraction of sp³-hybridized carbons (Fsp3) is 0.400. The zero-order chi connectivity index (χ0) is 18.4. The lowest BCUT2D eigenvalue weighted by Crippen LogP contribution is -2.25. The van der Waals surface area contributed by atoms with Gasteiger partial charge in [-0.05, 0) is 37.5 Å². The van der Waals surface area contributed by atoms with Crippen molar-refractivity contribution < 1.29 is 14.2 Å². The van der Waals surface area contributed by atoms with Crippen LogP contribution >= 0.6 is 0 Å². The van der Waals surface area contributed by atoms with Gasteiger partial charge in [0.05, 0.1) is 12.7 Å². The molecule has 3 aromatic rings. The third-order valence-corrected chi connectivity index (χ3v) is 5.40. The van der Waals surface area contributed by atoms with Crippen LogP contribution in [0.4, 0.5) is 0 Å². The molecular formula is C20H21N3O4. The molecular weight excluding hydrogens is 346 g/mol. The van der Waals surface area contributed by atoms with Gasteiger partial charge in [-0.2, -0.15) is 0 Å². The van der Waals surface area contributed by atoms with Crippen molar-refractivity contribution in [2.75, 3.05) is 20.0 Å². The molecule has 0 aliphatic carbocycles. The van der Waals surface area contributed by atoms with E-state index in [0.717, 1.165) is 54.6 Å². The first-order valence-electron chi connectivity index (χ1n) is 9.24. The molecule has 0 spiro atoms. The number of fused-ring (bicyclic) bond motifs is 2. The Balaban J connectivity index is 1.53. The Kier molecular flexibility index (Phi) is 3.89. The number of hydrogen-bond donors (Lipinski definition) is 0. The molecule has 0 unspecified atom stereocenters. The molecule has 1 saturated heterocycles. The standard InChI is InChI=1S/C20H21N3O4/c1-13-10-23-16(9-21-19(23)15-4-6-25-7-5-15)20(24)22(13)11-14-2-3-17-18(8-14)27-12-26-17/h2-3,8-10,15H,4-7,11-12H2,1H3. The van der Waals surface area contributed by atoms with Crippen LogP contribution in [0.15, 0.2) is 35.4 Å². The Morgan fingerprint density at radius 2 is 2.00 bits per heavy atom. The maximum atomic E-state index is 13.1. The molecule has 5 rings (SSSR count). The molecule has 7 heteroatoms. The third-order valence-electron chi connectivity index (χ3n) is 5.40. The lowest BCUT2D eigenvalue weighted by atomic mass is 10.00. The molecule has 2 aromatic heterocycles. The van der Waals surface area contributed by atoms with Crippen molar-refractivity contribution in [3.63, 3.8) is 0 Å². The number of nitrogens with zero attached hydrogens (tertiary/aromatic N) is 3. The van der Waals surface area contributed by atoms with E-state index in [1.54, 1.807) is 10.8 Å². The number of hydrogen-bond acceptors (Lipinski definition) is 5. The van der Waals surface area contributed by atoms with Crippen molar-refractivity contribution in [3.05, 3.63) is 58.0 Å². The van der Waals surface area contributed by atoms with E-state index in [-0.39, 0.29) is 12.4 Å². The summed E-state index contributed by atoms with van der Waals surface area (Å²) >= 11 is 0. The second kappa shape index (κ2) is 6.42. The Hall–Kier alpha value is -2.80. The summed E-state index contributed by atoms with van der Waals surface area (Å²) in [4.78, 5) is 17.7. The summed E-state index contributed by atoms with van der Waals surface area (Å²) in [5, 5.41) is 0. The first-order chi connectivity index (χ1) is 13.2. The smallest absolute Gasteiger partial charge is 0.276 e. The molecule has 2 aliphatic rings. The second-order valence-electron chi connectivity index (χ2n) is 7.11. The summed E-state index contributed by atoms with van der Waals surface area (Å²) in [6.07, 6.45) is 5.60. The summed E-state index contributed by atoms with van der Waals surface area (Å²) in [7, 11) is 0. The molecule has 27 heavy (non-hydrogen) atoms. The van der Waals surface area contributed by atoms with E-state index in [2.05, 4.69) is 4.98 Å². The number of ether oxygens (including phenoxy) is 3. The maximum Gasteiger partial charge on any atom is 0.276 e. The van der Waals surface area contributed by atoms with Gasteiger partial charge in [0.2, 0.25) is 6.79 Å². The van der Waals surface area contributed by atoms with Crippen molar-refractivity contribution in [2.24, 2.45) is 0 Å². The molecule has 0 amide bonds. The van der Waals surface area contributed by atoms with Crippen molar-refractivity contribution >= 4 is 5.52 Å². The molecule has 0 radical (unpaired) electrons. The van der Waals surface area contributed by atoms with Gasteiger partial charge < -0.3 is 18.8 Å². The number of rotatable bonds is 3. The predicted molar refractivity (Wildman–Crippen MR) is 98.7 cm³/mol. The average molecular weight is 367 g/mol. The van der Waals surface area contributed by atoms with Crippen LogP contribution in [0.25, 0.3) is 5.52 Å². The lowest BCUT2D eigenvalue weighted by Gasteiger charge is -2.21. The second-order valence-corrected chi connectivity index (χ2v) is 7.11. The van der Waals surface area contributed by atoms with Gasteiger partial charge in [-0.25, -0.2) is 4.98 Å². The fourth-order valence-electron chi connectivity index (χ4n) is 3.90. The maximum absolute atomic E-state index is 13.1. The minimum atomic E-state index is -0.0292. The zero-order valence-electron chi connectivity index (χ0n) is 15.2. The third kappa shape index (κ3) is 2.78. The molecule has 1 aromatic carbocycles. The number of benzene rings is 1. The first-order valence-corrected chi connectivity index (χ1v) is 9.24. The van der Waals surface area contributed by atoms with Crippen LogP contribution in [0.1, 0.15) is 35.8 Å². The minimum Gasteiger partial charge on any atom is -0.454 e. The molecule has 1 fully saturated rings. The van der Waals surface area contributed by atoms with E-state index in [4.69, 9.17) is 14.2 Å². The number of imidazole rings is 1. The summed E-state index contributed by atoms with van der Waals surface area (Å²) in [6, 6.07) is 5.79. The molecule has 140 valence electrons. The van der Waals surface area contributed by atoms with Crippen molar-refractivity contribution in [1.82, 2.24) is 14.0 Å². The highest BCUT2D eigenvalue weighted by Crippen LogP contribution is 2.32. The molecule has 0 N–H and O–H groups in total. The van der Waals surface area contributed by atoms with E-state index < -0.39 is 0 Å². The Bertz CT molecular complexity index is 1060. The van der Waals surface area contributed by atoms with Gasteiger partial charge in [0.1, 0.15) is 11.3 Å². The molecule has 0 saturated carbocycles. The number of aromatic nitrogens is 3. The van der Waals surface area contributed by atoms with E-state index in [9.17, 15) is 4.79 Å². The van der Waals surface area contributed by atoms with Gasteiger partial charge >= 0.3 is 0 Å². The summed E-state index contributed by atoms with van der Waals surface area (Å²) in [6.45, 7) is 4.19. The molecule has 2 aliphatic heterocycles. The Labute approximate surface area is 156 Å². The Morgan fingerprint density at radius 1 is 1.19 bits per heavy atom. The van der Waals surface area contributed by atoms with Gasteiger partial charge in [0.25, 0.3) is 5.56 Å². The normalized spacial score (nSPS) is 16.9.